The number of hydrogen-bond donors (Lipinski definition) is 2. The number of nitrogens with zero attached hydrogens (tertiary/aromatic N) is 4. The average molecular weight is 607 g/mol. The molecule has 1 aromatic heterocycles. The van der Waals surface area contributed by atoms with Crippen LogP contribution in [0.5, 0.6) is 5.75 Å². The summed E-state index contributed by atoms with van der Waals surface area (Å²) in [6.45, 7) is 1.79. The number of amides is 3. The van der Waals surface area contributed by atoms with Crippen molar-refractivity contribution in [1.29, 1.82) is 0 Å². The summed E-state index contributed by atoms with van der Waals surface area (Å²) in [5, 5.41) is 13.6. The molecule has 3 aromatic rings. The van der Waals surface area contributed by atoms with Gasteiger partial charge in [0.15, 0.2) is 12.3 Å². The van der Waals surface area contributed by atoms with Crippen molar-refractivity contribution in [3.63, 3.8) is 0 Å². The fraction of sp³-hybridized carbons (Fsp3) is 0.419. The lowest BCUT2D eigenvalue weighted by Crippen LogP contribution is -2.50. The van der Waals surface area contributed by atoms with Gasteiger partial charge in [-0.05, 0) is 56.0 Å². The van der Waals surface area contributed by atoms with Gasteiger partial charge in [0.05, 0.1) is 30.5 Å². The first-order valence-electron chi connectivity index (χ1n) is 14.5. The second kappa shape index (κ2) is 15.6. The Bertz CT molecular complexity index is 1430. The molecule has 2 aromatic carbocycles. The number of benzene rings is 2. The van der Waals surface area contributed by atoms with Crippen LogP contribution in [0.15, 0.2) is 60.8 Å². The summed E-state index contributed by atoms with van der Waals surface area (Å²) in [4.78, 5) is 54.6. The lowest BCUT2D eigenvalue weighted by Gasteiger charge is -2.32. The molecule has 2 N–H and O–H groups in total. The smallest absolute Gasteiger partial charge is 0.314 e. The molecule has 2 heterocycles. The quantitative estimate of drug-likeness (QED) is 0.287. The van der Waals surface area contributed by atoms with Crippen molar-refractivity contribution in [2.24, 2.45) is 5.41 Å². The van der Waals surface area contributed by atoms with Gasteiger partial charge in [-0.3, -0.25) is 19.2 Å². The topological polar surface area (TPSA) is 154 Å². The van der Waals surface area contributed by atoms with E-state index >= 15 is 0 Å². The van der Waals surface area contributed by atoms with Crippen molar-refractivity contribution >= 4 is 23.7 Å². The number of ether oxygens (including phenoxy) is 3. The van der Waals surface area contributed by atoms with Crippen LogP contribution in [0.4, 0.5) is 0 Å². The summed E-state index contributed by atoms with van der Waals surface area (Å²) in [6, 6.07) is 16.1. The monoisotopic (exact) mass is 606 g/mol. The molecule has 234 valence electrons. The first-order chi connectivity index (χ1) is 21.3. The van der Waals surface area contributed by atoms with E-state index in [9.17, 15) is 19.2 Å². The van der Waals surface area contributed by atoms with Gasteiger partial charge >= 0.3 is 5.97 Å². The van der Waals surface area contributed by atoms with Crippen molar-refractivity contribution in [2.45, 2.75) is 26.2 Å². The summed E-state index contributed by atoms with van der Waals surface area (Å²) in [5.74, 6) is -1.37. The summed E-state index contributed by atoms with van der Waals surface area (Å²) in [7, 11) is 1.58. The number of carbonyl (C=O) groups is 4. The molecular weight excluding hydrogens is 568 g/mol. The molecule has 2 bridgehead atoms. The van der Waals surface area contributed by atoms with E-state index in [1.807, 2.05) is 12.1 Å². The number of hydrogen-bond acceptors (Lipinski definition) is 9. The van der Waals surface area contributed by atoms with Gasteiger partial charge in [0.2, 0.25) is 5.91 Å². The van der Waals surface area contributed by atoms with E-state index in [1.54, 1.807) is 56.5 Å². The number of nitrogens with one attached hydrogen (secondary N) is 2. The van der Waals surface area contributed by atoms with Gasteiger partial charge in [0.1, 0.15) is 5.75 Å². The van der Waals surface area contributed by atoms with E-state index in [0.29, 0.717) is 30.9 Å². The molecule has 44 heavy (non-hydrogen) atoms. The second-order valence-electron chi connectivity index (χ2n) is 10.4. The summed E-state index contributed by atoms with van der Waals surface area (Å²) in [6.07, 6.45) is 2.48. The number of rotatable bonds is 8. The van der Waals surface area contributed by atoms with Crippen molar-refractivity contribution in [1.82, 2.24) is 30.5 Å². The third-order valence-corrected chi connectivity index (χ3v) is 7.24. The van der Waals surface area contributed by atoms with Crippen LogP contribution in [-0.4, -0.2) is 96.7 Å². The van der Waals surface area contributed by atoms with Crippen LogP contribution in [0.3, 0.4) is 0 Å². The van der Waals surface area contributed by atoms with Crippen molar-refractivity contribution in [3.05, 3.63) is 72.1 Å². The Morgan fingerprint density at radius 2 is 1.89 bits per heavy atom. The number of carbonyl (C=O) groups excluding carboxylic acids is 4. The Balaban J connectivity index is 1.64. The van der Waals surface area contributed by atoms with Crippen LogP contribution >= 0.6 is 0 Å². The zero-order valence-corrected chi connectivity index (χ0v) is 25.0. The third kappa shape index (κ3) is 8.40. The molecule has 1 aliphatic heterocycles. The number of para-hydroxylation sites is 1. The summed E-state index contributed by atoms with van der Waals surface area (Å²) >= 11 is 0. The zero-order chi connectivity index (χ0) is 31.4. The summed E-state index contributed by atoms with van der Waals surface area (Å²) in [5.41, 5.74) is 0.415. The maximum Gasteiger partial charge on any atom is 0.314 e. The van der Waals surface area contributed by atoms with Crippen molar-refractivity contribution in [2.75, 3.05) is 53.1 Å². The first kappa shape index (κ1) is 32.1. The number of esters is 1. The van der Waals surface area contributed by atoms with Crippen molar-refractivity contribution in [3.8, 4) is 11.4 Å². The average Bonchev–Trinajstić information content (AvgIpc) is 3.52. The Labute approximate surface area is 255 Å². The number of aromatic nitrogens is 3. The van der Waals surface area contributed by atoms with E-state index in [4.69, 9.17) is 14.2 Å². The fourth-order valence-electron chi connectivity index (χ4n) is 5.04. The minimum absolute atomic E-state index is 0.0182. The molecule has 0 spiro atoms. The molecule has 1 unspecified atom stereocenters. The minimum Gasteiger partial charge on any atom is -0.484 e. The Morgan fingerprint density at radius 3 is 2.66 bits per heavy atom. The molecule has 3 amide bonds. The second-order valence-corrected chi connectivity index (χ2v) is 10.4. The zero-order valence-electron chi connectivity index (χ0n) is 25.0. The highest BCUT2D eigenvalue weighted by Crippen LogP contribution is 2.32. The van der Waals surface area contributed by atoms with Crippen LogP contribution in [0.25, 0.3) is 5.69 Å². The molecule has 1 aliphatic rings. The molecule has 0 aliphatic carbocycles. The first-order valence-corrected chi connectivity index (χ1v) is 14.5. The van der Waals surface area contributed by atoms with Gasteiger partial charge < -0.3 is 29.7 Å². The molecule has 13 nitrogen and oxygen atoms in total. The normalized spacial score (nSPS) is 18.1. The van der Waals surface area contributed by atoms with Crippen LogP contribution < -0.4 is 15.4 Å². The summed E-state index contributed by atoms with van der Waals surface area (Å²) < 4.78 is 17.9. The van der Waals surface area contributed by atoms with Crippen LogP contribution in [-0.2, 0) is 30.3 Å². The molecular formula is C31H38N6O7. The molecule has 0 fully saturated rings. The minimum atomic E-state index is -1.12. The highest BCUT2D eigenvalue weighted by atomic mass is 16.5. The van der Waals surface area contributed by atoms with E-state index in [2.05, 4.69) is 20.9 Å². The fourth-order valence-corrected chi connectivity index (χ4v) is 5.04. The standard InChI is InChI=1S/C31H38N6O7/c1-3-43-30(41)31(13-8-16-42-2)18-23-9-7-12-25(17-23)44-21-28(39)32-14-15-36(20-27(38)33-22-31)29(40)26-19-34-35-37(26)24-10-5-4-6-11-24/h4-7,9-12,17,19H,3,8,13-16,18,20-22H2,1-2H3,(H,32,39)(H,33,38). The van der Waals surface area contributed by atoms with Crippen LogP contribution in [0.2, 0.25) is 0 Å². The predicted octanol–water partition coefficient (Wildman–Crippen LogP) is 1.55. The van der Waals surface area contributed by atoms with Gasteiger partial charge in [-0.2, -0.15) is 0 Å². The maximum atomic E-state index is 13.7. The van der Waals surface area contributed by atoms with E-state index in [0.717, 1.165) is 5.56 Å². The van der Waals surface area contributed by atoms with Gasteiger partial charge in [-0.1, -0.05) is 35.5 Å². The molecule has 1 atom stereocenters. The molecule has 13 heteroatoms. The Morgan fingerprint density at radius 1 is 1.07 bits per heavy atom. The lowest BCUT2D eigenvalue weighted by atomic mass is 9.77. The molecule has 0 saturated heterocycles. The molecule has 0 saturated carbocycles. The predicted molar refractivity (Wildman–Crippen MR) is 159 cm³/mol. The number of methoxy groups -OCH3 is 1. The third-order valence-electron chi connectivity index (χ3n) is 7.24. The highest BCUT2D eigenvalue weighted by molar-refractivity contribution is 5.95. The Kier molecular flexibility index (Phi) is 11.4. The van der Waals surface area contributed by atoms with Crippen LogP contribution in [0, 0.1) is 5.41 Å². The SMILES string of the molecule is CCOC(=O)C1(CCCOC)CNC(=O)CN(C(=O)c2cnnn2-c2ccccc2)CCNC(=O)COc2cccc(c2)C1. The number of fused-ring (bicyclic) bond motifs is 2. The van der Waals surface area contributed by atoms with E-state index < -0.39 is 29.1 Å². The van der Waals surface area contributed by atoms with E-state index in [1.165, 1.54) is 15.8 Å². The Hall–Kier alpha value is -4.78. The van der Waals surface area contributed by atoms with Gasteiger partial charge in [-0.15, -0.1) is 5.10 Å². The highest BCUT2D eigenvalue weighted by Gasteiger charge is 2.40. The largest absolute Gasteiger partial charge is 0.484 e. The van der Waals surface area contributed by atoms with Gasteiger partial charge in [-0.25, -0.2) is 4.68 Å². The molecule has 0 radical (unpaired) electrons. The van der Waals surface area contributed by atoms with E-state index in [-0.39, 0.29) is 51.5 Å². The molecule has 4 rings (SSSR count). The maximum absolute atomic E-state index is 13.7. The van der Waals surface area contributed by atoms with Gasteiger partial charge in [0, 0.05) is 33.4 Å². The van der Waals surface area contributed by atoms with Gasteiger partial charge in [0.25, 0.3) is 11.8 Å². The van der Waals surface area contributed by atoms with Crippen LogP contribution in [0.1, 0.15) is 35.8 Å². The lowest BCUT2D eigenvalue weighted by molar-refractivity contribution is -0.156. The van der Waals surface area contributed by atoms with Crippen molar-refractivity contribution < 1.29 is 33.4 Å².